The zero-order valence-corrected chi connectivity index (χ0v) is 17.7. The Labute approximate surface area is 189 Å². The summed E-state index contributed by atoms with van der Waals surface area (Å²) in [6.07, 6.45) is 2.65. The Morgan fingerprint density at radius 3 is 2.65 bits per heavy atom. The molecule has 0 radical (unpaired) electrons. The molecule has 0 saturated heterocycles. The van der Waals surface area contributed by atoms with Crippen molar-refractivity contribution >= 4 is 46.4 Å². The number of hydrogen-bond acceptors (Lipinski definition) is 6. The molecule has 0 aliphatic heterocycles. The highest BCUT2D eigenvalue weighted by Crippen LogP contribution is 2.19. The maximum atomic E-state index is 12.7. The fraction of sp³-hybridized carbons (Fsp3) is 0.0500. The number of ether oxygens (including phenoxy) is 1. The van der Waals surface area contributed by atoms with Gasteiger partial charge in [-0.05, 0) is 24.3 Å². The van der Waals surface area contributed by atoms with Gasteiger partial charge in [0, 0.05) is 12.3 Å². The van der Waals surface area contributed by atoms with Gasteiger partial charge in [-0.1, -0.05) is 46.9 Å². The lowest BCUT2D eigenvalue weighted by atomic mass is 10.2. The van der Waals surface area contributed by atoms with E-state index in [1.807, 2.05) is 0 Å². The molecule has 8 nitrogen and oxygen atoms in total. The Hall–Kier alpha value is -3.20. The number of benzene rings is 1. The van der Waals surface area contributed by atoms with Crippen LogP contribution < -0.4 is 11.1 Å². The second-order valence-electron chi connectivity index (χ2n) is 6.28. The zero-order chi connectivity index (χ0) is 22.1. The minimum absolute atomic E-state index is 0.00192. The third-order valence-corrected chi connectivity index (χ3v) is 5.23. The van der Waals surface area contributed by atoms with E-state index < -0.39 is 11.5 Å². The van der Waals surface area contributed by atoms with E-state index in [0.717, 1.165) is 4.68 Å². The molecule has 0 N–H and O–H groups in total. The number of esters is 1. The summed E-state index contributed by atoms with van der Waals surface area (Å²) in [6.45, 7) is -0.259. The summed E-state index contributed by atoms with van der Waals surface area (Å²) in [5.41, 5.74) is -0.210. The highest BCUT2D eigenvalue weighted by Gasteiger charge is 2.18. The molecule has 0 atom stereocenters. The van der Waals surface area contributed by atoms with Gasteiger partial charge >= 0.3 is 5.97 Å². The second kappa shape index (κ2) is 8.50. The molecule has 0 spiro atoms. The van der Waals surface area contributed by atoms with Gasteiger partial charge in [0.1, 0.15) is 17.3 Å². The van der Waals surface area contributed by atoms with Crippen molar-refractivity contribution in [1.29, 1.82) is 0 Å². The summed E-state index contributed by atoms with van der Waals surface area (Å²) in [5, 5.41) is 4.10. The molecular formula is C20H11Cl3N4O4. The van der Waals surface area contributed by atoms with Gasteiger partial charge in [0.05, 0.1) is 33.2 Å². The molecule has 0 fully saturated rings. The molecule has 1 aromatic carbocycles. The lowest BCUT2D eigenvalue weighted by molar-refractivity contribution is 0.0467. The van der Waals surface area contributed by atoms with Crippen LogP contribution in [0.25, 0.3) is 11.3 Å². The van der Waals surface area contributed by atoms with Crippen molar-refractivity contribution in [1.82, 2.24) is 19.2 Å². The maximum Gasteiger partial charge on any atom is 0.340 e. The largest absolute Gasteiger partial charge is 0.456 e. The first-order chi connectivity index (χ1) is 14.8. The number of rotatable bonds is 4. The van der Waals surface area contributed by atoms with Gasteiger partial charge < -0.3 is 4.74 Å². The van der Waals surface area contributed by atoms with Crippen LogP contribution in [-0.4, -0.2) is 25.1 Å². The average molecular weight is 478 g/mol. The van der Waals surface area contributed by atoms with E-state index in [0.29, 0.717) is 10.7 Å². The maximum absolute atomic E-state index is 12.7. The third kappa shape index (κ3) is 4.18. The highest BCUT2D eigenvalue weighted by molar-refractivity contribution is 6.41. The molecule has 31 heavy (non-hydrogen) atoms. The molecule has 3 aromatic heterocycles. The molecule has 0 saturated carbocycles. The zero-order valence-electron chi connectivity index (χ0n) is 15.5. The second-order valence-corrected chi connectivity index (χ2v) is 7.50. The van der Waals surface area contributed by atoms with Gasteiger partial charge in [-0.3, -0.25) is 14.0 Å². The number of aromatic nitrogens is 4. The van der Waals surface area contributed by atoms with Gasteiger partial charge in [-0.25, -0.2) is 9.78 Å². The van der Waals surface area contributed by atoms with Crippen molar-refractivity contribution in [3.05, 3.63) is 102 Å². The molecule has 0 amide bonds. The van der Waals surface area contributed by atoms with E-state index in [-0.39, 0.29) is 39.2 Å². The minimum Gasteiger partial charge on any atom is -0.456 e. The van der Waals surface area contributed by atoms with Gasteiger partial charge in [0.15, 0.2) is 0 Å². The number of carbonyl (C=O) groups is 1. The van der Waals surface area contributed by atoms with Crippen molar-refractivity contribution in [3.63, 3.8) is 0 Å². The lowest BCUT2D eigenvalue weighted by Crippen LogP contribution is -2.24. The molecule has 0 bridgehead atoms. The summed E-state index contributed by atoms with van der Waals surface area (Å²) < 4.78 is 7.56. The fourth-order valence-electron chi connectivity index (χ4n) is 2.83. The van der Waals surface area contributed by atoms with Gasteiger partial charge in [-0.15, -0.1) is 0 Å². The monoisotopic (exact) mass is 476 g/mol. The first-order valence-corrected chi connectivity index (χ1v) is 9.86. The number of para-hydroxylation sites is 1. The predicted molar refractivity (Wildman–Crippen MR) is 115 cm³/mol. The number of carbonyl (C=O) groups excluding carboxylic acids is 1. The van der Waals surface area contributed by atoms with E-state index in [1.54, 1.807) is 24.3 Å². The van der Waals surface area contributed by atoms with E-state index in [2.05, 4.69) is 10.1 Å². The summed E-state index contributed by atoms with van der Waals surface area (Å²) in [7, 11) is 0. The van der Waals surface area contributed by atoms with E-state index in [1.165, 1.54) is 35.0 Å². The van der Waals surface area contributed by atoms with E-state index in [4.69, 9.17) is 39.5 Å². The van der Waals surface area contributed by atoms with Crippen LogP contribution in [0.1, 0.15) is 16.1 Å². The first kappa shape index (κ1) is 21.0. The van der Waals surface area contributed by atoms with Crippen molar-refractivity contribution in [3.8, 4) is 5.69 Å². The van der Waals surface area contributed by atoms with Crippen molar-refractivity contribution in [2.45, 2.75) is 6.61 Å². The van der Waals surface area contributed by atoms with Crippen molar-refractivity contribution in [2.75, 3.05) is 0 Å². The molecule has 156 valence electrons. The molecule has 3 heterocycles. The Bertz CT molecular complexity index is 1450. The summed E-state index contributed by atoms with van der Waals surface area (Å²) in [4.78, 5) is 41.7. The van der Waals surface area contributed by atoms with Crippen LogP contribution in [0.15, 0.2) is 64.4 Å². The number of hydrogen-bond donors (Lipinski definition) is 0. The van der Waals surface area contributed by atoms with E-state index in [9.17, 15) is 14.4 Å². The number of nitrogens with zero attached hydrogens (tertiary/aromatic N) is 4. The molecule has 0 aliphatic rings. The number of halogens is 3. The number of fused-ring (bicyclic) bond motifs is 1. The summed E-state index contributed by atoms with van der Waals surface area (Å²) in [6, 6.07) is 10.6. The van der Waals surface area contributed by atoms with Crippen LogP contribution in [0.4, 0.5) is 0 Å². The molecule has 0 aliphatic carbocycles. The smallest absolute Gasteiger partial charge is 0.340 e. The molecule has 4 aromatic rings. The Balaban J connectivity index is 1.63. The van der Waals surface area contributed by atoms with Crippen molar-refractivity contribution < 1.29 is 9.53 Å². The predicted octanol–water partition coefficient (Wildman–Crippen LogP) is 3.56. The molecular weight excluding hydrogens is 467 g/mol. The Kier molecular flexibility index (Phi) is 5.77. The van der Waals surface area contributed by atoms with Crippen LogP contribution in [-0.2, 0) is 11.3 Å². The van der Waals surface area contributed by atoms with Gasteiger partial charge in [0.2, 0.25) is 0 Å². The Morgan fingerprint density at radius 1 is 1.06 bits per heavy atom. The fourth-order valence-corrected chi connectivity index (χ4v) is 3.25. The van der Waals surface area contributed by atoms with Crippen molar-refractivity contribution in [2.24, 2.45) is 0 Å². The number of pyridine rings is 1. The topological polar surface area (TPSA) is 95.6 Å². The van der Waals surface area contributed by atoms with Crippen LogP contribution >= 0.6 is 34.8 Å². The van der Waals surface area contributed by atoms with Crippen LogP contribution in [0.5, 0.6) is 0 Å². The molecule has 11 heteroatoms. The van der Waals surface area contributed by atoms with Crippen LogP contribution in [0.2, 0.25) is 15.1 Å². The normalized spacial score (nSPS) is 10.9. The van der Waals surface area contributed by atoms with Crippen LogP contribution in [0.3, 0.4) is 0 Å². The standard InChI is InChI=1S/C20H11Cl3N4O4/c21-11-5-6-16-25-12(7-17(28)26(16)9-11)10-31-20(30)13-3-1-2-4-15(13)27-19(29)18(23)14(22)8-24-27/h1-9H,10H2. The Morgan fingerprint density at radius 2 is 1.84 bits per heavy atom. The lowest BCUT2D eigenvalue weighted by Gasteiger charge is -2.11. The SMILES string of the molecule is O=C(OCc1cc(=O)n2cc(Cl)ccc2n1)c1ccccc1-n1ncc(Cl)c(Cl)c1=O. The van der Waals surface area contributed by atoms with Gasteiger partial charge in [0.25, 0.3) is 11.1 Å². The molecule has 4 rings (SSSR count). The average Bonchev–Trinajstić information content (AvgIpc) is 2.76. The quantitative estimate of drug-likeness (QED) is 0.417. The summed E-state index contributed by atoms with van der Waals surface area (Å²) in [5.74, 6) is -0.742. The third-order valence-electron chi connectivity index (χ3n) is 4.26. The van der Waals surface area contributed by atoms with E-state index >= 15 is 0 Å². The van der Waals surface area contributed by atoms with Crippen LogP contribution in [0, 0.1) is 0 Å². The summed E-state index contributed by atoms with van der Waals surface area (Å²) >= 11 is 17.6. The van der Waals surface area contributed by atoms with Gasteiger partial charge in [-0.2, -0.15) is 9.78 Å². The first-order valence-electron chi connectivity index (χ1n) is 8.73. The highest BCUT2D eigenvalue weighted by atomic mass is 35.5. The minimum atomic E-state index is -0.742. The molecule has 0 unspecified atom stereocenters.